The number of alkyl halides is 3. The van der Waals surface area contributed by atoms with Gasteiger partial charge in [0.2, 0.25) is 11.8 Å². The summed E-state index contributed by atoms with van der Waals surface area (Å²) in [5.74, 6) is -1.25. The van der Waals surface area contributed by atoms with E-state index in [1.54, 1.807) is 11.8 Å². The van der Waals surface area contributed by atoms with Crippen LogP contribution in [0.15, 0.2) is 30.5 Å². The van der Waals surface area contributed by atoms with Crippen molar-refractivity contribution < 1.29 is 32.3 Å². The van der Waals surface area contributed by atoms with Gasteiger partial charge in [-0.05, 0) is 19.1 Å². The molecule has 0 aliphatic carbocycles. The van der Waals surface area contributed by atoms with Crippen molar-refractivity contribution in [2.75, 3.05) is 13.1 Å². The van der Waals surface area contributed by atoms with Crippen LogP contribution in [0.5, 0.6) is 0 Å². The van der Waals surface area contributed by atoms with Crippen LogP contribution >= 0.6 is 0 Å². The van der Waals surface area contributed by atoms with Crippen LogP contribution in [0.25, 0.3) is 0 Å². The number of rotatable bonds is 6. The minimum atomic E-state index is -4.49. The molecule has 1 fully saturated rings. The molecule has 2 heterocycles. The maximum atomic E-state index is 12.6. The molecule has 1 aromatic rings. The lowest BCUT2D eigenvalue weighted by molar-refractivity contribution is -0.148. The van der Waals surface area contributed by atoms with Crippen LogP contribution in [0.3, 0.4) is 0 Å². The number of esters is 1. The number of carbonyl (C=O) groups is 3. The Morgan fingerprint density at radius 3 is 2.43 bits per heavy atom. The van der Waals surface area contributed by atoms with Gasteiger partial charge in [-0.1, -0.05) is 6.58 Å². The standard InChI is InChI=1S/C20H24F3N3O4/c1-12(19(29)30-16-6-8-26(9-7-16)14(3)27)10-18(28)25-13(2)17-5-4-15(11-24-17)20(21,22)23/h4-5,11,13,16H,1,6-10H2,2-3H3,(H,25,28)/t13-/m0/s1. The van der Waals surface area contributed by atoms with Crippen LogP contribution in [-0.2, 0) is 25.3 Å². The highest BCUT2D eigenvalue weighted by Crippen LogP contribution is 2.29. The largest absolute Gasteiger partial charge is 0.459 e. The van der Waals surface area contributed by atoms with Crippen molar-refractivity contribution in [2.24, 2.45) is 0 Å². The molecular weight excluding hydrogens is 403 g/mol. The first kappa shape index (κ1) is 23.4. The number of aromatic nitrogens is 1. The van der Waals surface area contributed by atoms with E-state index in [1.807, 2.05) is 0 Å². The van der Waals surface area contributed by atoms with E-state index < -0.39 is 29.7 Å². The lowest BCUT2D eigenvalue weighted by Gasteiger charge is -2.31. The second kappa shape index (κ2) is 9.73. The van der Waals surface area contributed by atoms with Crippen LogP contribution in [-0.4, -0.2) is 46.9 Å². The molecule has 30 heavy (non-hydrogen) atoms. The van der Waals surface area contributed by atoms with Gasteiger partial charge in [-0.2, -0.15) is 13.2 Å². The Morgan fingerprint density at radius 2 is 1.93 bits per heavy atom. The fourth-order valence-electron chi connectivity index (χ4n) is 2.98. The molecule has 2 rings (SSSR count). The Kier molecular flexibility index (Phi) is 7.58. The molecule has 1 atom stereocenters. The Morgan fingerprint density at radius 1 is 1.30 bits per heavy atom. The summed E-state index contributed by atoms with van der Waals surface area (Å²) in [5.41, 5.74) is -0.661. The molecule has 1 aliphatic heterocycles. The number of ether oxygens (including phenoxy) is 1. The highest BCUT2D eigenvalue weighted by molar-refractivity contribution is 5.94. The van der Waals surface area contributed by atoms with Gasteiger partial charge in [0.25, 0.3) is 0 Å². The third-order valence-corrected chi connectivity index (χ3v) is 4.76. The first-order valence-electron chi connectivity index (χ1n) is 9.44. The van der Waals surface area contributed by atoms with Crippen molar-refractivity contribution in [2.45, 2.75) is 51.4 Å². The van der Waals surface area contributed by atoms with E-state index in [9.17, 15) is 27.6 Å². The number of piperidine rings is 1. The third kappa shape index (κ3) is 6.57. The number of hydrogen-bond donors (Lipinski definition) is 1. The van der Waals surface area contributed by atoms with Crippen molar-refractivity contribution in [3.05, 3.63) is 41.7 Å². The van der Waals surface area contributed by atoms with Crippen LogP contribution in [0.2, 0.25) is 0 Å². The second-order valence-corrected chi connectivity index (χ2v) is 7.15. The Labute approximate surface area is 172 Å². The monoisotopic (exact) mass is 427 g/mol. The van der Waals surface area contributed by atoms with E-state index in [0.29, 0.717) is 32.1 Å². The summed E-state index contributed by atoms with van der Waals surface area (Å²) in [7, 11) is 0. The molecule has 0 aromatic carbocycles. The van der Waals surface area contributed by atoms with E-state index in [0.717, 1.165) is 6.07 Å². The van der Waals surface area contributed by atoms with E-state index in [-0.39, 0.29) is 29.7 Å². The quantitative estimate of drug-likeness (QED) is 0.557. The molecule has 1 N–H and O–H groups in total. The summed E-state index contributed by atoms with van der Waals surface area (Å²) >= 11 is 0. The van der Waals surface area contributed by atoms with Gasteiger partial charge >= 0.3 is 12.1 Å². The SMILES string of the molecule is C=C(CC(=O)N[C@@H](C)c1ccc(C(F)(F)F)cn1)C(=O)OC1CCN(C(C)=O)CC1. The molecule has 7 nitrogen and oxygen atoms in total. The van der Waals surface area contributed by atoms with Crippen molar-refractivity contribution in [1.82, 2.24) is 15.2 Å². The van der Waals surface area contributed by atoms with Gasteiger partial charge in [-0.3, -0.25) is 14.6 Å². The average Bonchev–Trinajstić information content (AvgIpc) is 2.67. The van der Waals surface area contributed by atoms with Gasteiger partial charge in [-0.15, -0.1) is 0 Å². The van der Waals surface area contributed by atoms with Crippen LogP contribution in [0, 0.1) is 0 Å². The van der Waals surface area contributed by atoms with Crippen molar-refractivity contribution >= 4 is 17.8 Å². The number of pyridine rings is 1. The smallest absolute Gasteiger partial charge is 0.417 e. The topological polar surface area (TPSA) is 88.6 Å². The van der Waals surface area contributed by atoms with Gasteiger partial charge < -0.3 is 15.0 Å². The van der Waals surface area contributed by atoms with E-state index >= 15 is 0 Å². The summed E-state index contributed by atoms with van der Waals surface area (Å²) in [6, 6.07) is 1.42. The van der Waals surface area contributed by atoms with Crippen LogP contribution < -0.4 is 5.32 Å². The van der Waals surface area contributed by atoms with Gasteiger partial charge in [0.05, 0.1) is 23.7 Å². The molecule has 1 aromatic heterocycles. The molecule has 10 heteroatoms. The first-order chi connectivity index (χ1) is 14.0. The summed E-state index contributed by atoms with van der Waals surface area (Å²) in [6.07, 6.45) is -3.41. The number of amides is 2. The maximum Gasteiger partial charge on any atom is 0.417 e. The van der Waals surface area contributed by atoms with Gasteiger partial charge in [0, 0.05) is 44.6 Å². The second-order valence-electron chi connectivity index (χ2n) is 7.15. The van der Waals surface area contributed by atoms with Crippen LogP contribution in [0.4, 0.5) is 13.2 Å². The maximum absolute atomic E-state index is 12.6. The molecule has 0 spiro atoms. The Bertz CT molecular complexity index is 801. The van der Waals surface area contributed by atoms with Crippen LogP contribution in [0.1, 0.15) is 50.4 Å². The molecular formula is C20H24F3N3O4. The number of likely N-dealkylation sites (tertiary alicyclic amines) is 1. The molecule has 0 bridgehead atoms. The molecule has 0 radical (unpaired) electrons. The van der Waals surface area contributed by atoms with Crippen molar-refractivity contribution in [1.29, 1.82) is 0 Å². The summed E-state index contributed by atoms with van der Waals surface area (Å²) < 4.78 is 43.1. The minimum Gasteiger partial charge on any atom is -0.459 e. The highest BCUT2D eigenvalue weighted by Gasteiger charge is 2.31. The normalized spacial score (nSPS) is 16.0. The molecule has 0 unspecified atom stereocenters. The summed E-state index contributed by atoms with van der Waals surface area (Å²) in [6.45, 7) is 7.62. The molecule has 2 amide bonds. The zero-order chi connectivity index (χ0) is 22.5. The molecule has 164 valence electrons. The Balaban J connectivity index is 1.80. The predicted molar refractivity (Wildman–Crippen MR) is 101 cm³/mol. The zero-order valence-corrected chi connectivity index (χ0v) is 16.8. The van der Waals surface area contributed by atoms with E-state index in [4.69, 9.17) is 4.74 Å². The number of hydrogen-bond acceptors (Lipinski definition) is 5. The fourth-order valence-corrected chi connectivity index (χ4v) is 2.98. The van der Waals surface area contributed by atoms with Gasteiger partial charge in [-0.25, -0.2) is 4.79 Å². The summed E-state index contributed by atoms with van der Waals surface area (Å²) in [4.78, 5) is 41.0. The lowest BCUT2D eigenvalue weighted by Crippen LogP contribution is -2.40. The fraction of sp³-hybridized carbons (Fsp3) is 0.500. The number of nitrogens with zero attached hydrogens (tertiary/aromatic N) is 2. The third-order valence-electron chi connectivity index (χ3n) is 4.76. The number of carbonyl (C=O) groups excluding carboxylic acids is 3. The predicted octanol–water partition coefficient (Wildman–Crippen LogP) is 2.78. The Hall–Kier alpha value is -2.91. The van der Waals surface area contributed by atoms with E-state index in [2.05, 4.69) is 16.9 Å². The number of halogens is 3. The van der Waals surface area contributed by atoms with Crippen molar-refractivity contribution in [3.63, 3.8) is 0 Å². The zero-order valence-electron chi connectivity index (χ0n) is 16.8. The van der Waals surface area contributed by atoms with Crippen molar-refractivity contribution in [3.8, 4) is 0 Å². The number of nitrogens with one attached hydrogen (secondary N) is 1. The van der Waals surface area contributed by atoms with Gasteiger partial charge in [0.1, 0.15) is 6.10 Å². The molecule has 1 aliphatic rings. The lowest BCUT2D eigenvalue weighted by atomic mass is 10.1. The minimum absolute atomic E-state index is 0.0301. The van der Waals surface area contributed by atoms with Gasteiger partial charge in [0.15, 0.2) is 0 Å². The highest BCUT2D eigenvalue weighted by atomic mass is 19.4. The first-order valence-corrected chi connectivity index (χ1v) is 9.44. The molecule has 1 saturated heterocycles. The molecule has 0 saturated carbocycles. The van der Waals surface area contributed by atoms with E-state index in [1.165, 1.54) is 13.0 Å². The summed E-state index contributed by atoms with van der Waals surface area (Å²) in [5, 5.41) is 2.57. The average molecular weight is 427 g/mol.